The smallest absolute Gasteiger partial charge is 0.214 e. The van der Waals surface area contributed by atoms with E-state index in [9.17, 15) is 0 Å². The Labute approximate surface area is 112 Å². The summed E-state index contributed by atoms with van der Waals surface area (Å²) in [5.41, 5.74) is 11.7. The number of benzene rings is 1. The predicted octanol–water partition coefficient (Wildman–Crippen LogP) is 2.08. The van der Waals surface area contributed by atoms with Gasteiger partial charge in [0.2, 0.25) is 5.90 Å². The van der Waals surface area contributed by atoms with Crippen LogP contribution in [-0.2, 0) is 9.57 Å². The van der Waals surface area contributed by atoms with Gasteiger partial charge in [-0.1, -0.05) is 12.1 Å². The van der Waals surface area contributed by atoms with E-state index in [4.69, 9.17) is 15.3 Å². The van der Waals surface area contributed by atoms with Crippen LogP contribution in [0.3, 0.4) is 0 Å². The van der Waals surface area contributed by atoms with Gasteiger partial charge in [0.25, 0.3) is 0 Å². The van der Waals surface area contributed by atoms with Crippen LogP contribution in [0.25, 0.3) is 0 Å². The largest absolute Gasteiger partial charge is 0.399 e. The molecule has 102 valence electrons. The summed E-state index contributed by atoms with van der Waals surface area (Å²) in [7, 11) is 0. The van der Waals surface area contributed by atoms with Gasteiger partial charge in [-0.25, -0.2) is 4.99 Å². The second kappa shape index (κ2) is 5.19. The van der Waals surface area contributed by atoms with E-state index in [2.05, 4.69) is 10.5 Å². The Morgan fingerprint density at radius 2 is 2.37 bits per heavy atom. The van der Waals surface area contributed by atoms with E-state index in [0.717, 1.165) is 48.6 Å². The number of nitrogens with one attached hydrogen (secondary N) is 1. The lowest BCUT2D eigenvalue weighted by Crippen LogP contribution is -2.17. The molecule has 2 aliphatic rings. The first-order valence-electron chi connectivity index (χ1n) is 6.69. The van der Waals surface area contributed by atoms with Crippen molar-refractivity contribution < 1.29 is 9.57 Å². The molecule has 2 aliphatic heterocycles. The fourth-order valence-corrected chi connectivity index (χ4v) is 2.39. The minimum Gasteiger partial charge on any atom is -0.399 e. The van der Waals surface area contributed by atoms with Gasteiger partial charge in [0, 0.05) is 12.3 Å². The van der Waals surface area contributed by atoms with Crippen molar-refractivity contribution in [2.24, 2.45) is 4.99 Å². The number of anilines is 1. The van der Waals surface area contributed by atoms with E-state index < -0.39 is 0 Å². The lowest BCUT2D eigenvalue weighted by Gasteiger charge is -2.08. The maximum Gasteiger partial charge on any atom is 0.214 e. The Balaban J connectivity index is 1.69. The summed E-state index contributed by atoms with van der Waals surface area (Å²) >= 11 is 0. The summed E-state index contributed by atoms with van der Waals surface area (Å²) in [4.78, 5) is 9.97. The molecule has 1 fully saturated rings. The monoisotopic (exact) mass is 261 g/mol. The van der Waals surface area contributed by atoms with Crippen LogP contribution in [0.1, 0.15) is 36.6 Å². The van der Waals surface area contributed by atoms with Crippen LogP contribution in [0.2, 0.25) is 0 Å². The minimum absolute atomic E-state index is 0.167. The number of aryl methyl sites for hydroxylation is 1. The molecule has 1 aromatic rings. The van der Waals surface area contributed by atoms with E-state index in [1.807, 2.05) is 25.1 Å². The van der Waals surface area contributed by atoms with E-state index in [1.165, 1.54) is 0 Å². The van der Waals surface area contributed by atoms with Crippen molar-refractivity contribution in [1.29, 1.82) is 0 Å². The second-order valence-corrected chi connectivity index (χ2v) is 5.10. The second-order valence-electron chi connectivity index (χ2n) is 5.10. The van der Waals surface area contributed by atoms with E-state index in [1.54, 1.807) is 0 Å². The van der Waals surface area contributed by atoms with Crippen molar-refractivity contribution in [3.8, 4) is 0 Å². The van der Waals surface area contributed by atoms with Gasteiger partial charge in [-0.05, 0) is 37.0 Å². The highest BCUT2D eigenvalue weighted by Crippen LogP contribution is 2.25. The van der Waals surface area contributed by atoms with Crippen molar-refractivity contribution in [3.05, 3.63) is 29.3 Å². The number of nitrogens with zero attached hydrogens (tertiary/aromatic N) is 1. The standard InChI is InChI=1S/C14H19N3O2/c1-9-4-5-10(7-12(9)15)14-16-13(19-17-14)8-11-3-2-6-18-11/h4-5,7,11,14,17H,2-3,6,8,15H2,1H3. The van der Waals surface area contributed by atoms with E-state index in [0.29, 0.717) is 0 Å². The van der Waals surface area contributed by atoms with Crippen LogP contribution in [0, 0.1) is 6.92 Å². The van der Waals surface area contributed by atoms with E-state index >= 15 is 0 Å². The highest BCUT2D eigenvalue weighted by atomic mass is 16.7. The molecule has 5 nitrogen and oxygen atoms in total. The first-order chi connectivity index (χ1) is 9.22. The summed E-state index contributed by atoms with van der Waals surface area (Å²) < 4.78 is 5.58. The molecule has 1 aromatic carbocycles. The number of ether oxygens (including phenoxy) is 1. The highest BCUT2D eigenvalue weighted by molar-refractivity contribution is 5.77. The van der Waals surface area contributed by atoms with Crippen molar-refractivity contribution in [1.82, 2.24) is 5.48 Å². The number of hydrogen-bond donors (Lipinski definition) is 2. The Bertz CT molecular complexity index is 495. The molecule has 5 heteroatoms. The number of aliphatic imine (C=N–C) groups is 1. The molecule has 2 unspecified atom stereocenters. The maximum atomic E-state index is 5.92. The molecule has 2 atom stereocenters. The van der Waals surface area contributed by atoms with Crippen LogP contribution < -0.4 is 11.2 Å². The van der Waals surface area contributed by atoms with Gasteiger partial charge in [0.05, 0.1) is 12.5 Å². The van der Waals surface area contributed by atoms with Gasteiger partial charge < -0.3 is 15.3 Å². The Morgan fingerprint density at radius 1 is 1.47 bits per heavy atom. The first kappa shape index (κ1) is 12.4. The SMILES string of the molecule is Cc1ccc(C2N=C(CC3CCCO3)ON2)cc1N. The highest BCUT2D eigenvalue weighted by Gasteiger charge is 2.25. The molecule has 0 bridgehead atoms. The molecule has 0 spiro atoms. The zero-order valence-electron chi connectivity index (χ0n) is 11.1. The molecule has 2 heterocycles. The number of nitrogen functional groups attached to an aromatic ring is 1. The Morgan fingerprint density at radius 3 is 3.11 bits per heavy atom. The zero-order valence-corrected chi connectivity index (χ0v) is 11.1. The number of nitrogens with two attached hydrogens (primary N) is 1. The van der Waals surface area contributed by atoms with Gasteiger partial charge in [0.15, 0.2) is 6.17 Å². The Kier molecular flexibility index (Phi) is 3.40. The zero-order chi connectivity index (χ0) is 13.2. The third-order valence-electron chi connectivity index (χ3n) is 3.61. The molecule has 3 N–H and O–H groups in total. The van der Waals surface area contributed by atoms with Crippen molar-refractivity contribution in [3.63, 3.8) is 0 Å². The van der Waals surface area contributed by atoms with Gasteiger partial charge in [-0.15, -0.1) is 5.48 Å². The summed E-state index contributed by atoms with van der Waals surface area (Å²) in [5.74, 6) is 0.719. The molecule has 1 saturated heterocycles. The van der Waals surface area contributed by atoms with Crippen LogP contribution in [0.5, 0.6) is 0 Å². The van der Waals surface area contributed by atoms with Crippen LogP contribution in [0.4, 0.5) is 5.69 Å². The average Bonchev–Trinajstić information content (AvgIpc) is 3.05. The summed E-state index contributed by atoms with van der Waals surface area (Å²) in [6.07, 6.45) is 3.04. The maximum absolute atomic E-state index is 5.92. The summed E-state index contributed by atoms with van der Waals surface area (Å²) in [5, 5.41) is 0. The number of hydrogen-bond acceptors (Lipinski definition) is 5. The van der Waals surface area contributed by atoms with Crippen molar-refractivity contribution >= 4 is 11.6 Å². The quantitative estimate of drug-likeness (QED) is 0.817. The minimum atomic E-state index is -0.167. The van der Waals surface area contributed by atoms with Crippen LogP contribution >= 0.6 is 0 Å². The van der Waals surface area contributed by atoms with Gasteiger partial charge in [-0.3, -0.25) is 0 Å². The molecule has 0 aromatic heterocycles. The molecule has 3 rings (SSSR count). The predicted molar refractivity (Wildman–Crippen MR) is 73.6 cm³/mol. The van der Waals surface area contributed by atoms with E-state index in [-0.39, 0.29) is 12.3 Å². The van der Waals surface area contributed by atoms with Gasteiger partial charge >= 0.3 is 0 Å². The Hall–Kier alpha value is -1.59. The fraction of sp³-hybridized carbons (Fsp3) is 0.500. The number of rotatable bonds is 3. The molecule has 19 heavy (non-hydrogen) atoms. The fourth-order valence-electron chi connectivity index (χ4n) is 2.39. The topological polar surface area (TPSA) is 68.9 Å². The van der Waals surface area contributed by atoms with Gasteiger partial charge in [-0.2, -0.15) is 0 Å². The lowest BCUT2D eigenvalue weighted by atomic mass is 10.1. The van der Waals surface area contributed by atoms with Crippen molar-refractivity contribution in [2.75, 3.05) is 12.3 Å². The van der Waals surface area contributed by atoms with Crippen LogP contribution in [0.15, 0.2) is 23.2 Å². The van der Waals surface area contributed by atoms with Crippen LogP contribution in [-0.4, -0.2) is 18.6 Å². The number of hydroxylamine groups is 1. The third kappa shape index (κ3) is 2.72. The molecule has 0 saturated carbocycles. The van der Waals surface area contributed by atoms with Crippen molar-refractivity contribution in [2.45, 2.75) is 38.5 Å². The average molecular weight is 261 g/mol. The third-order valence-corrected chi connectivity index (χ3v) is 3.61. The lowest BCUT2D eigenvalue weighted by molar-refractivity contribution is 0.105. The molecular formula is C14H19N3O2. The van der Waals surface area contributed by atoms with Gasteiger partial charge in [0.1, 0.15) is 0 Å². The molecular weight excluding hydrogens is 242 g/mol. The summed E-state index contributed by atoms with van der Waals surface area (Å²) in [6, 6.07) is 5.96. The molecule has 0 amide bonds. The molecule has 0 radical (unpaired) electrons. The first-order valence-corrected chi connectivity index (χ1v) is 6.69. The summed E-state index contributed by atoms with van der Waals surface area (Å²) in [6.45, 7) is 2.84. The normalized spacial score (nSPS) is 26.3. The molecule has 0 aliphatic carbocycles.